The van der Waals surface area contributed by atoms with Crippen molar-refractivity contribution in [2.75, 3.05) is 19.6 Å². The largest absolute Gasteiger partial charge is 0.444 e. The molecular formula is C17H32N2O2. The Morgan fingerprint density at radius 3 is 2.38 bits per heavy atom. The van der Waals surface area contributed by atoms with Crippen molar-refractivity contribution in [3.8, 4) is 0 Å². The molecule has 0 aromatic rings. The van der Waals surface area contributed by atoms with E-state index in [1.54, 1.807) is 0 Å². The Bertz CT molecular complexity index is 363. The summed E-state index contributed by atoms with van der Waals surface area (Å²) in [5.74, 6) is 0.899. The molecule has 122 valence electrons. The third-order valence-corrected chi connectivity index (χ3v) is 4.80. The van der Waals surface area contributed by atoms with E-state index in [0.29, 0.717) is 11.5 Å². The molecule has 1 heterocycles. The van der Waals surface area contributed by atoms with Crippen LogP contribution in [0.1, 0.15) is 60.3 Å². The van der Waals surface area contributed by atoms with Crippen molar-refractivity contribution in [3.05, 3.63) is 0 Å². The average molecular weight is 296 g/mol. The lowest BCUT2D eigenvalue weighted by atomic mass is 9.80. The number of rotatable bonds is 4. The zero-order valence-electron chi connectivity index (χ0n) is 14.4. The van der Waals surface area contributed by atoms with E-state index in [2.05, 4.69) is 19.2 Å². The van der Waals surface area contributed by atoms with Crippen LogP contribution in [0.2, 0.25) is 0 Å². The normalized spacial score (nSPS) is 23.8. The zero-order chi connectivity index (χ0) is 15.7. The Balaban J connectivity index is 1.74. The molecule has 1 atom stereocenters. The van der Waals surface area contributed by atoms with E-state index in [1.165, 1.54) is 12.8 Å². The van der Waals surface area contributed by atoms with Crippen molar-refractivity contribution in [2.24, 2.45) is 11.3 Å². The summed E-state index contributed by atoms with van der Waals surface area (Å²) in [7, 11) is 0. The van der Waals surface area contributed by atoms with Crippen molar-refractivity contribution in [1.82, 2.24) is 10.2 Å². The first-order valence-electron chi connectivity index (χ1n) is 8.40. The molecule has 1 aliphatic heterocycles. The van der Waals surface area contributed by atoms with Gasteiger partial charge < -0.3 is 15.0 Å². The fourth-order valence-electron chi connectivity index (χ4n) is 2.90. The number of hydrogen-bond acceptors (Lipinski definition) is 3. The van der Waals surface area contributed by atoms with Crippen LogP contribution in [0.4, 0.5) is 4.79 Å². The van der Waals surface area contributed by atoms with E-state index in [-0.39, 0.29) is 6.09 Å². The highest BCUT2D eigenvalue weighted by Crippen LogP contribution is 2.34. The molecule has 0 aromatic heterocycles. The lowest BCUT2D eigenvalue weighted by Crippen LogP contribution is -2.48. The minimum Gasteiger partial charge on any atom is -0.444 e. The Morgan fingerprint density at radius 2 is 1.90 bits per heavy atom. The lowest BCUT2D eigenvalue weighted by Gasteiger charge is -2.40. The summed E-state index contributed by atoms with van der Waals surface area (Å²) in [6, 6.07) is 0.644. The van der Waals surface area contributed by atoms with Crippen LogP contribution in [0.3, 0.4) is 0 Å². The van der Waals surface area contributed by atoms with Crippen LogP contribution in [-0.2, 0) is 4.74 Å². The molecule has 0 radical (unpaired) electrons. The molecule has 0 spiro atoms. The number of likely N-dealkylation sites (tertiary alicyclic amines) is 1. The lowest BCUT2D eigenvalue weighted by molar-refractivity contribution is 0.0117. The SMILES string of the molecule is CC(NCC1(C)CCN(C(=O)OC(C)(C)C)CC1)C1CC1. The molecule has 1 N–H and O–H groups in total. The van der Waals surface area contributed by atoms with Gasteiger partial charge >= 0.3 is 6.09 Å². The number of amides is 1. The van der Waals surface area contributed by atoms with Crippen molar-refractivity contribution in [1.29, 1.82) is 0 Å². The van der Waals surface area contributed by atoms with E-state index in [4.69, 9.17) is 4.74 Å². The first kappa shape index (κ1) is 16.6. The van der Waals surface area contributed by atoms with Gasteiger partial charge in [-0.2, -0.15) is 0 Å². The number of carbonyl (C=O) groups excluding carboxylic acids is 1. The Morgan fingerprint density at radius 1 is 1.33 bits per heavy atom. The van der Waals surface area contributed by atoms with Gasteiger partial charge in [-0.15, -0.1) is 0 Å². The van der Waals surface area contributed by atoms with Crippen LogP contribution in [-0.4, -0.2) is 42.3 Å². The highest BCUT2D eigenvalue weighted by atomic mass is 16.6. The summed E-state index contributed by atoms with van der Waals surface area (Å²) >= 11 is 0. The number of hydrogen-bond donors (Lipinski definition) is 1. The highest BCUT2D eigenvalue weighted by molar-refractivity contribution is 5.68. The number of carbonyl (C=O) groups is 1. The molecule has 1 amide bonds. The quantitative estimate of drug-likeness (QED) is 0.864. The van der Waals surface area contributed by atoms with Gasteiger partial charge in [0.25, 0.3) is 0 Å². The Kier molecular flexibility index (Phi) is 4.86. The summed E-state index contributed by atoms with van der Waals surface area (Å²) in [5.41, 5.74) is -0.0965. The van der Waals surface area contributed by atoms with Crippen molar-refractivity contribution < 1.29 is 9.53 Å². The second kappa shape index (κ2) is 6.15. The molecule has 1 aliphatic carbocycles. The van der Waals surface area contributed by atoms with Gasteiger partial charge in [0.2, 0.25) is 0 Å². The monoisotopic (exact) mass is 296 g/mol. The van der Waals surface area contributed by atoms with E-state index in [0.717, 1.165) is 38.4 Å². The molecule has 1 saturated carbocycles. The summed E-state index contributed by atoms with van der Waals surface area (Å²) in [6.07, 6.45) is 4.71. The van der Waals surface area contributed by atoms with Crippen LogP contribution < -0.4 is 5.32 Å². The number of nitrogens with one attached hydrogen (secondary N) is 1. The predicted molar refractivity (Wildman–Crippen MR) is 85.3 cm³/mol. The molecule has 2 fully saturated rings. The molecule has 2 aliphatic rings. The maximum Gasteiger partial charge on any atom is 0.410 e. The topological polar surface area (TPSA) is 41.6 Å². The van der Waals surface area contributed by atoms with E-state index < -0.39 is 5.60 Å². The van der Waals surface area contributed by atoms with Crippen molar-refractivity contribution >= 4 is 6.09 Å². The molecular weight excluding hydrogens is 264 g/mol. The maximum atomic E-state index is 12.1. The smallest absolute Gasteiger partial charge is 0.410 e. The third-order valence-electron chi connectivity index (χ3n) is 4.80. The van der Waals surface area contributed by atoms with E-state index >= 15 is 0 Å². The first-order chi connectivity index (χ1) is 9.69. The van der Waals surface area contributed by atoms with E-state index in [1.807, 2.05) is 25.7 Å². The number of ether oxygens (including phenoxy) is 1. The maximum absolute atomic E-state index is 12.1. The van der Waals surface area contributed by atoms with Gasteiger partial charge in [-0.1, -0.05) is 6.92 Å². The van der Waals surface area contributed by atoms with E-state index in [9.17, 15) is 4.79 Å². The van der Waals surface area contributed by atoms with Gasteiger partial charge in [-0.05, 0) is 64.7 Å². The fraction of sp³-hybridized carbons (Fsp3) is 0.941. The predicted octanol–water partition coefficient (Wildman–Crippen LogP) is 3.41. The second-order valence-electron chi connectivity index (χ2n) is 8.29. The minimum atomic E-state index is -0.404. The fourth-order valence-corrected chi connectivity index (χ4v) is 2.90. The van der Waals surface area contributed by atoms with Crippen molar-refractivity contribution in [2.45, 2.75) is 71.9 Å². The first-order valence-corrected chi connectivity index (χ1v) is 8.40. The average Bonchev–Trinajstić information content (AvgIpc) is 3.19. The van der Waals surface area contributed by atoms with Gasteiger partial charge in [-0.3, -0.25) is 0 Å². The summed E-state index contributed by atoms with van der Waals surface area (Å²) in [4.78, 5) is 13.9. The molecule has 4 nitrogen and oxygen atoms in total. The van der Waals surface area contributed by atoms with Gasteiger partial charge in [0.1, 0.15) is 5.60 Å². The van der Waals surface area contributed by atoms with Gasteiger partial charge in [0.15, 0.2) is 0 Å². The molecule has 1 unspecified atom stereocenters. The Labute approximate surface area is 129 Å². The summed E-state index contributed by atoms with van der Waals surface area (Å²) < 4.78 is 5.45. The highest BCUT2D eigenvalue weighted by Gasteiger charge is 2.35. The van der Waals surface area contributed by atoms with Crippen LogP contribution >= 0.6 is 0 Å². The molecule has 4 heteroatoms. The van der Waals surface area contributed by atoms with Crippen molar-refractivity contribution in [3.63, 3.8) is 0 Å². The Hall–Kier alpha value is -0.770. The van der Waals surface area contributed by atoms with Gasteiger partial charge in [0.05, 0.1) is 0 Å². The molecule has 0 bridgehead atoms. The van der Waals surface area contributed by atoms with Crippen LogP contribution in [0.5, 0.6) is 0 Å². The third kappa shape index (κ3) is 5.17. The zero-order valence-corrected chi connectivity index (χ0v) is 14.4. The second-order valence-corrected chi connectivity index (χ2v) is 8.29. The molecule has 1 saturated heterocycles. The van der Waals surface area contributed by atoms with Crippen LogP contribution in [0.25, 0.3) is 0 Å². The minimum absolute atomic E-state index is 0.163. The van der Waals surface area contributed by atoms with Gasteiger partial charge in [0, 0.05) is 25.7 Å². The molecule has 0 aromatic carbocycles. The molecule has 21 heavy (non-hydrogen) atoms. The standard InChI is InChI=1S/C17H32N2O2/c1-13(14-6-7-14)18-12-17(5)8-10-19(11-9-17)15(20)21-16(2,3)4/h13-14,18H,6-12H2,1-5H3. The van der Waals surface area contributed by atoms with Gasteiger partial charge in [-0.25, -0.2) is 4.79 Å². The molecule has 2 rings (SSSR count). The van der Waals surface area contributed by atoms with Crippen LogP contribution in [0.15, 0.2) is 0 Å². The van der Waals surface area contributed by atoms with Crippen LogP contribution in [0, 0.1) is 11.3 Å². The summed E-state index contributed by atoms with van der Waals surface area (Å²) in [5, 5.41) is 3.70. The number of piperidine rings is 1. The summed E-state index contributed by atoms with van der Waals surface area (Å²) in [6.45, 7) is 13.1. The number of nitrogens with zero attached hydrogens (tertiary/aromatic N) is 1.